The van der Waals surface area contributed by atoms with Crippen LogP contribution in [0.3, 0.4) is 0 Å². The number of ether oxygens (including phenoxy) is 1. The van der Waals surface area contributed by atoms with Crippen LogP contribution in [-0.4, -0.2) is 42.5 Å². The lowest BCUT2D eigenvalue weighted by molar-refractivity contribution is -0.143. The van der Waals surface area contributed by atoms with Crippen molar-refractivity contribution in [3.63, 3.8) is 0 Å². The van der Waals surface area contributed by atoms with Crippen molar-refractivity contribution < 1.29 is 14.3 Å². The highest BCUT2D eigenvalue weighted by Gasteiger charge is 2.49. The summed E-state index contributed by atoms with van der Waals surface area (Å²) in [6.07, 6.45) is 11.0. The molecule has 27 heavy (non-hydrogen) atoms. The quantitative estimate of drug-likeness (QED) is 0.767. The molecule has 4 rings (SSSR count). The van der Waals surface area contributed by atoms with Crippen LogP contribution in [0.15, 0.2) is 36.4 Å². The van der Waals surface area contributed by atoms with Gasteiger partial charge in [0, 0.05) is 18.2 Å². The molecule has 0 N–H and O–H groups in total. The van der Waals surface area contributed by atoms with Gasteiger partial charge in [0.1, 0.15) is 12.3 Å². The monoisotopic (exact) mass is 368 g/mol. The van der Waals surface area contributed by atoms with Gasteiger partial charge in [-0.05, 0) is 56.4 Å². The number of carbonyl (C=O) groups is 2. The van der Waals surface area contributed by atoms with E-state index in [2.05, 4.69) is 12.2 Å². The number of piperazine rings is 1. The molecule has 1 atom stereocenters. The van der Waals surface area contributed by atoms with Crippen LogP contribution in [0, 0.1) is 5.92 Å². The highest BCUT2D eigenvalue weighted by atomic mass is 16.5. The van der Waals surface area contributed by atoms with Crippen molar-refractivity contribution in [3.05, 3.63) is 36.4 Å². The molecule has 1 aromatic carbocycles. The predicted octanol–water partition coefficient (Wildman–Crippen LogP) is 3.54. The van der Waals surface area contributed by atoms with E-state index in [9.17, 15) is 9.59 Å². The van der Waals surface area contributed by atoms with Crippen LogP contribution in [0.4, 0.5) is 5.69 Å². The number of amides is 2. The fourth-order valence-corrected chi connectivity index (χ4v) is 4.98. The minimum absolute atomic E-state index is 0.0352. The summed E-state index contributed by atoms with van der Waals surface area (Å²) in [6.45, 7) is 0.844. The molecule has 1 unspecified atom stereocenters. The number of carbonyl (C=O) groups excluding carboxylic acids is 2. The standard InChI is InChI=1S/C22H28N2O3/c1-27-19-11-9-18(10-12-19)24-20(25)15-23(16-22(24)13-5-6-14-22)21(26)17-7-3-2-4-8-17/h2-3,9-12,17H,4-8,13-16H2,1H3. The maximum absolute atomic E-state index is 13.2. The van der Waals surface area contributed by atoms with E-state index in [1.54, 1.807) is 7.11 Å². The van der Waals surface area contributed by atoms with Crippen LogP contribution in [-0.2, 0) is 9.59 Å². The molecule has 144 valence electrons. The van der Waals surface area contributed by atoms with E-state index in [0.717, 1.165) is 56.4 Å². The Kier molecular flexibility index (Phi) is 4.94. The first-order valence-electron chi connectivity index (χ1n) is 10.0. The van der Waals surface area contributed by atoms with Crippen molar-refractivity contribution in [2.45, 2.75) is 50.5 Å². The predicted molar refractivity (Wildman–Crippen MR) is 105 cm³/mol. The summed E-state index contributed by atoms with van der Waals surface area (Å²) < 4.78 is 5.25. The average molecular weight is 368 g/mol. The third-order valence-corrected chi connectivity index (χ3v) is 6.33. The molecule has 2 fully saturated rings. The summed E-state index contributed by atoms with van der Waals surface area (Å²) in [4.78, 5) is 30.1. The molecule has 5 nitrogen and oxygen atoms in total. The summed E-state index contributed by atoms with van der Waals surface area (Å²) in [5.74, 6) is 1.01. The largest absolute Gasteiger partial charge is 0.497 e. The van der Waals surface area contributed by atoms with Gasteiger partial charge in [0.05, 0.1) is 12.6 Å². The second-order valence-electron chi connectivity index (χ2n) is 8.03. The fraction of sp³-hybridized carbons (Fsp3) is 0.545. The van der Waals surface area contributed by atoms with Crippen LogP contribution >= 0.6 is 0 Å². The van der Waals surface area contributed by atoms with Gasteiger partial charge < -0.3 is 14.5 Å². The van der Waals surface area contributed by atoms with Crippen LogP contribution in [0.5, 0.6) is 5.75 Å². The Morgan fingerprint density at radius 3 is 2.52 bits per heavy atom. The van der Waals surface area contributed by atoms with Crippen molar-refractivity contribution in [1.29, 1.82) is 0 Å². The summed E-state index contributed by atoms with van der Waals surface area (Å²) in [7, 11) is 1.64. The maximum atomic E-state index is 13.2. The number of hydrogen-bond acceptors (Lipinski definition) is 3. The normalized spacial score (nSPS) is 24.5. The molecule has 0 radical (unpaired) electrons. The van der Waals surface area contributed by atoms with E-state index in [4.69, 9.17) is 4.74 Å². The molecule has 5 heteroatoms. The minimum atomic E-state index is -0.260. The fourth-order valence-electron chi connectivity index (χ4n) is 4.98. The molecule has 1 aliphatic heterocycles. The van der Waals surface area contributed by atoms with Gasteiger partial charge in [0.2, 0.25) is 11.8 Å². The maximum Gasteiger partial charge on any atom is 0.247 e. The lowest BCUT2D eigenvalue weighted by atomic mass is 9.88. The molecule has 0 aromatic heterocycles. The lowest BCUT2D eigenvalue weighted by Gasteiger charge is -2.49. The van der Waals surface area contributed by atoms with E-state index in [0.29, 0.717) is 6.54 Å². The van der Waals surface area contributed by atoms with Gasteiger partial charge in [-0.2, -0.15) is 0 Å². The molecule has 2 aliphatic carbocycles. The number of rotatable bonds is 3. The third-order valence-electron chi connectivity index (χ3n) is 6.33. The van der Waals surface area contributed by atoms with Crippen molar-refractivity contribution in [2.24, 2.45) is 5.92 Å². The van der Waals surface area contributed by atoms with E-state index in [-0.39, 0.29) is 29.8 Å². The number of allylic oxidation sites excluding steroid dienone is 2. The Morgan fingerprint density at radius 2 is 1.89 bits per heavy atom. The molecule has 1 saturated carbocycles. The third kappa shape index (κ3) is 3.35. The van der Waals surface area contributed by atoms with Crippen LogP contribution < -0.4 is 9.64 Å². The summed E-state index contributed by atoms with van der Waals surface area (Å²) in [5.41, 5.74) is 0.653. The van der Waals surface area contributed by atoms with Crippen molar-refractivity contribution in [2.75, 3.05) is 25.1 Å². The molecular weight excluding hydrogens is 340 g/mol. The summed E-state index contributed by atoms with van der Waals surface area (Å²) >= 11 is 0. The second-order valence-corrected chi connectivity index (χ2v) is 8.03. The molecule has 1 saturated heterocycles. The Hall–Kier alpha value is -2.30. The van der Waals surface area contributed by atoms with E-state index >= 15 is 0 Å². The SMILES string of the molecule is COc1ccc(N2C(=O)CN(C(=O)C3CC=CCC3)CC23CCCC3)cc1. The molecule has 0 bridgehead atoms. The zero-order chi connectivity index (χ0) is 18.9. The van der Waals surface area contributed by atoms with E-state index in [1.165, 1.54) is 0 Å². The topological polar surface area (TPSA) is 49.9 Å². The number of hydrogen-bond donors (Lipinski definition) is 0. The Balaban J connectivity index is 1.60. The number of benzene rings is 1. The van der Waals surface area contributed by atoms with Gasteiger partial charge in [-0.25, -0.2) is 0 Å². The van der Waals surface area contributed by atoms with E-state index in [1.807, 2.05) is 34.1 Å². The number of nitrogens with zero attached hydrogens (tertiary/aromatic N) is 2. The molecule has 1 aromatic rings. The van der Waals surface area contributed by atoms with Crippen LogP contribution in [0.1, 0.15) is 44.9 Å². The zero-order valence-corrected chi connectivity index (χ0v) is 16.0. The lowest BCUT2D eigenvalue weighted by Crippen LogP contribution is -2.65. The van der Waals surface area contributed by atoms with Gasteiger partial charge >= 0.3 is 0 Å². The zero-order valence-electron chi connectivity index (χ0n) is 16.0. The summed E-state index contributed by atoms with van der Waals surface area (Å²) in [6, 6.07) is 7.72. The highest BCUT2D eigenvalue weighted by Crippen LogP contribution is 2.42. The van der Waals surface area contributed by atoms with Crippen LogP contribution in [0.25, 0.3) is 0 Å². The average Bonchev–Trinajstić information content (AvgIpc) is 3.16. The molecule has 1 spiro atoms. The van der Waals surface area contributed by atoms with Gasteiger partial charge in [-0.3, -0.25) is 9.59 Å². The molecular formula is C22H28N2O3. The first-order chi connectivity index (χ1) is 13.1. The van der Waals surface area contributed by atoms with Crippen molar-refractivity contribution in [3.8, 4) is 5.75 Å². The molecule has 2 amide bonds. The first kappa shape index (κ1) is 18.1. The Labute approximate surface area is 161 Å². The van der Waals surface area contributed by atoms with E-state index < -0.39 is 0 Å². The number of methoxy groups -OCH3 is 1. The molecule has 3 aliphatic rings. The molecule has 1 heterocycles. The van der Waals surface area contributed by atoms with Gasteiger partial charge in [-0.1, -0.05) is 25.0 Å². The van der Waals surface area contributed by atoms with Crippen molar-refractivity contribution >= 4 is 17.5 Å². The van der Waals surface area contributed by atoms with Crippen LogP contribution in [0.2, 0.25) is 0 Å². The van der Waals surface area contributed by atoms with Gasteiger partial charge in [-0.15, -0.1) is 0 Å². The second kappa shape index (κ2) is 7.37. The minimum Gasteiger partial charge on any atom is -0.497 e. The highest BCUT2D eigenvalue weighted by molar-refractivity contribution is 6.00. The van der Waals surface area contributed by atoms with Gasteiger partial charge in [0.25, 0.3) is 0 Å². The summed E-state index contributed by atoms with van der Waals surface area (Å²) in [5, 5.41) is 0. The Bertz CT molecular complexity index is 734. The first-order valence-corrected chi connectivity index (χ1v) is 10.0. The van der Waals surface area contributed by atoms with Gasteiger partial charge in [0.15, 0.2) is 0 Å². The van der Waals surface area contributed by atoms with Crippen molar-refractivity contribution in [1.82, 2.24) is 4.90 Å². The smallest absolute Gasteiger partial charge is 0.247 e. The number of anilines is 1. The Morgan fingerprint density at radius 1 is 1.15 bits per heavy atom.